The highest BCUT2D eigenvalue weighted by Crippen LogP contribution is 2.09. The molecule has 1 heterocycles. The van der Waals surface area contributed by atoms with E-state index in [0.717, 1.165) is 5.56 Å². The van der Waals surface area contributed by atoms with E-state index in [2.05, 4.69) is 10.6 Å². The molecule has 0 radical (unpaired) electrons. The van der Waals surface area contributed by atoms with Crippen LogP contribution in [0.1, 0.15) is 32.5 Å². The molecule has 0 spiro atoms. The maximum Gasteiger partial charge on any atom is 0.261 e. The first-order valence-electron chi connectivity index (χ1n) is 7.49. The maximum atomic E-state index is 12.0. The number of nitrogens with one attached hydrogen (secondary N) is 2. The van der Waals surface area contributed by atoms with Gasteiger partial charge in [0.15, 0.2) is 0 Å². The molecule has 1 unspecified atom stereocenters. The number of nitrogens with two attached hydrogens (primary N) is 1. The zero-order valence-corrected chi connectivity index (χ0v) is 15.1. The second-order valence-corrected chi connectivity index (χ2v) is 6.36. The van der Waals surface area contributed by atoms with Gasteiger partial charge in [-0.2, -0.15) is 0 Å². The highest BCUT2D eigenvalue weighted by molar-refractivity contribution is 7.12. The Balaban J connectivity index is 0.00000288. The van der Waals surface area contributed by atoms with Gasteiger partial charge in [0.05, 0.1) is 4.88 Å². The summed E-state index contributed by atoms with van der Waals surface area (Å²) in [4.78, 5) is 24.5. The lowest BCUT2D eigenvalue weighted by Gasteiger charge is -2.10. The summed E-state index contributed by atoms with van der Waals surface area (Å²) in [6, 6.07) is 10.8. The molecular weight excluding hydrogens is 346 g/mol. The number of hydrogen-bond donors (Lipinski definition) is 3. The van der Waals surface area contributed by atoms with Gasteiger partial charge in [-0.25, -0.2) is 0 Å². The molecule has 7 heteroatoms. The quantitative estimate of drug-likeness (QED) is 0.702. The highest BCUT2D eigenvalue weighted by Gasteiger charge is 2.08. The molecule has 2 amide bonds. The van der Waals surface area contributed by atoms with E-state index in [1.54, 1.807) is 18.2 Å². The van der Waals surface area contributed by atoms with Crippen molar-refractivity contribution in [1.82, 2.24) is 10.6 Å². The van der Waals surface area contributed by atoms with Crippen LogP contribution in [0, 0.1) is 5.92 Å². The minimum absolute atomic E-state index is 0. The van der Waals surface area contributed by atoms with E-state index in [4.69, 9.17) is 5.73 Å². The van der Waals surface area contributed by atoms with Crippen LogP contribution in [0.4, 0.5) is 0 Å². The van der Waals surface area contributed by atoms with Crippen LogP contribution in [0.2, 0.25) is 0 Å². The van der Waals surface area contributed by atoms with E-state index >= 15 is 0 Å². The van der Waals surface area contributed by atoms with Crippen LogP contribution in [-0.2, 0) is 6.54 Å². The van der Waals surface area contributed by atoms with Gasteiger partial charge in [0, 0.05) is 18.7 Å². The zero-order valence-electron chi connectivity index (χ0n) is 13.5. The largest absolute Gasteiger partial charge is 0.352 e. The van der Waals surface area contributed by atoms with Crippen LogP contribution in [0.3, 0.4) is 0 Å². The summed E-state index contributed by atoms with van der Waals surface area (Å²) < 4.78 is 0. The van der Waals surface area contributed by atoms with Crippen molar-refractivity contribution < 1.29 is 9.59 Å². The monoisotopic (exact) mass is 367 g/mol. The minimum atomic E-state index is -0.112. The van der Waals surface area contributed by atoms with E-state index in [-0.39, 0.29) is 30.1 Å². The van der Waals surface area contributed by atoms with Gasteiger partial charge in [-0.1, -0.05) is 25.1 Å². The number of benzene rings is 1. The van der Waals surface area contributed by atoms with E-state index in [1.165, 1.54) is 11.3 Å². The van der Waals surface area contributed by atoms with Crippen LogP contribution in [0.15, 0.2) is 41.8 Å². The van der Waals surface area contributed by atoms with Crippen molar-refractivity contribution in [3.8, 4) is 0 Å². The lowest BCUT2D eigenvalue weighted by molar-refractivity contribution is 0.0942. The molecular formula is C17H22ClN3O2S. The standard InChI is InChI=1S/C17H21N3O2S.ClH/c1-12(9-18)10-19-16(21)14-6-4-13(5-7-14)11-20-17(22)15-3-2-8-23-15;/h2-8,12H,9-11,18H2,1H3,(H,19,21)(H,20,22);1H. The predicted molar refractivity (Wildman–Crippen MR) is 99.7 cm³/mol. The first-order valence-corrected chi connectivity index (χ1v) is 8.37. The second kappa shape index (κ2) is 10.1. The Bertz CT molecular complexity index is 644. The van der Waals surface area contributed by atoms with Crippen LogP contribution in [0.25, 0.3) is 0 Å². The third-order valence-corrected chi connectivity index (χ3v) is 4.30. The SMILES string of the molecule is CC(CN)CNC(=O)c1ccc(CNC(=O)c2cccs2)cc1.Cl. The van der Waals surface area contributed by atoms with Gasteiger partial charge in [-0.15, -0.1) is 23.7 Å². The summed E-state index contributed by atoms with van der Waals surface area (Å²) >= 11 is 1.41. The molecule has 0 aliphatic rings. The maximum absolute atomic E-state index is 12.0. The summed E-state index contributed by atoms with van der Waals surface area (Å²) in [7, 11) is 0. The van der Waals surface area contributed by atoms with E-state index in [0.29, 0.717) is 30.1 Å². The molecule has 0 bridgehead atoms. The van der Waals surface area contributed by atoms with Crippen LogP contribution in [0.5, 0.6) is 0 Å². The van der Waals surface area contributed by atoms with E-state index in [9.17, 15) is 9.59 Å². The van der Waals surface area contributed by atoms with Crippen molar-refractivity contribution in [2.24, 2.45) is 11.7 Å². The summed E-state index contributed by atoms with van der Waals surface area (Å²) in [5.41, 5.74) is 7.07. The van der Waals surface area contributed by atoms with Gasteiger partial charge in [-0.3, -0.25) is 9.59 Å². The van der Waals surface area contributed by atoms with Gasteiger partial charge in [-0.05, 0) is 41.6 Å². The molecule has 2 aromatic rings. The summed E-state index contributed by atoms with van der Waals surface area (Å²) in [5.74, 6) is 0.0581. The fourth-order valence-corrected chi connectivity index (χ4v) is 2.54. The van der Waals surface area contributed by atoms with Gasteiger partial charge in [0.1, 0.15) is 0 Å². The van der Waals surface area contributed by atoms with Crippen molar-refractivity contribution in [3.63, 3.8) is 0 Å². The average molecular weight is 368 g/mol. The lowest BCUT2D eigenvalue weighted by atomic mass is 10.1. The predicted octanol–water partition coefficient (Wildman–Crippen LogP) is 2.42. The number of amides is 2. The van der Waals surface area contributed by atoms with Crippen LogP contribution in [-0.4, -0.2) is 24.9 Å². The van der Waals surface area contributed by atoms with Crippen molar-refractivity contribution in [2.75, 3.05) is 13.1 Å². The first-order chi connectivity index (χ1) is 11.1. The minimum Gasteiger partial charge on any atom is -0.352 e. The molecule has 0 saturated heterocycles. The number of halogens is 1. The number of carbonyl (C=O) groups is 2. The molecule has 0 aliphatic carbocycles. The first kappa shape index (κ1) is 20.2. The Hall–Kier alpha value is -1.89. The number of rotatable bonds is 7. The Morgan fingerprint density at radius 1 is 1.12 bits per heavy atom. The molecule has 1 atom stereocenters. The summed E-state index contributed by atoms with van der Waals surface area (Å²) in [6.07, 6.45) is 0. The van der Waals surface area contributed by atoms with Crippen LogP contribution < -0.4 is 16.4 Å². The van der Waals surface area contributed by atoms with Crippen molar-refractivity contribution in [1.29, 1.82) is 0 Å². The smallest absolute Gasteiger partial charge is 0.261 e. The third-order valence-electron chi connectivity index (χ3n) is 3.43. The van der Waals surface area contributed by atoms with Crippen molar-refractivity contribution >= 4 is 35.6 Å². The molecule has 2 rings (SSSR count). The molecule has 0 fully saturated rings. The van der Waals surface area contributed by atoms with Crippen LogP contribution >= 0.6 is 23.7 Å². The molecule has 24 heavy (non-hydrogen) atoms. The molecule has 4 N–H and O–H groups in total. The third kappa shape index (κ3) is 5.96. The molecule has 5 nitrogen and oxygen atoms in total. The average Bonchev–Trinajstić information content (AvgIpc) is 3.12. The normalized spacial score (nSPS) is 11.2. The van der Waals surface area contributed by atoms with Gasteiger partial charge in [0.2, 0.25) is 0 Å². The number of thiophene rings is 1. The Morgan fingerprint density at radius 2 is 1.83 bits per heavy atom. The molecule has 130 valence electrons. The number of hydrogen-bond acceptors (Lipinski definition) is 4. The number of carbonyl (C=O) groups excluding carboxylic acids is 2. The Kier molecular flexibility index (Phi) is 8.46. The van der Waals surface area contributed by atoms with E-state index < -0.39 is 0 Å². The summed E-state index contributed by atoms with van der Waals surface area (Å²) in [6.45, 7) is 3.53. The van der Waals surface area contributed by atoms with Gasteiger partial charge < -0.3 is 16.4 Å². The summed E-state index contributed by atoms with van der Waals surface area (Å²) in [5, 5.41) is 7.57. The fourth-order valence-electron chi connectivity index (χ4n) is 1.90. The molecule has 1 aromatic carbocycles. The van der Waals surface area contributed by atoms with Crippen molar-refractivity contribution in [2.45, 2.75) is 13.5 Å². The van der Waals surface area contributed by atoms with E-state index in [1.807, 2.05) is 30.5 Å². The fraction of sp³-hybridized carbons (Fsp3) is 0.294. The Morgan fingerprint density at radius 3 is 2.42 bits per heavy atom. The van der Waals surface area contributed by atoms with Gasteiger partial charge >= 0.3 is 0 Å². The molecule has 0 saturated carbocycles. The second-order valence-electron chi connectivity index (χ2n) is 5.41. The zero-order chi connectivity index (χ0) is 16.7. The molecule has 1 aromatic heterocycles. The van der Waals surface area contributed by atoms with Crippen molar-refractivity contribution in [3.05, 3.63) is 57.8 Å². The lowest BCUT2D eigenvalue weighted by Crippen LogP contribution is -2.31. The van der Waals surface area contributed by atoms with Gasteiger partial charge in [0.25, 0.3) is 11.8 Å². The molecule has 0 aliphatic heterocycles. The Labute approximate surface area is 152 Å². The highest BCUT2D eigenvalue weighted by atomic mass is 35.5. The topological polar surface area (TPSA) is 84.2 Å².